The van der Waals surface area contributed by atoms with Crippen molar-refractivity contribution in [2.24, 2.45) is 0 Å². The summed E-state index contributed by atoms with van der Waals surface area (Å²) in [6.07, 6.45) is 0. The topological polar surface area (TPSA) is 49.3 Å². The van der Waals surface area contributed by atoms with E-state index in [1.54, 1.807) is 12.1 Å². The van der Waals surface area contributed by atoms with Gasteiger partial charge in [-0.05, 0) is 30.7 Å². The van der Waals surface area contributed by atoms with Gasteiger partial charge in [-0.3, -0.25) is 0 Å². The van der Waals surface area contributed by atoms with Crippen molar-refractivity contribution in [3.63, 3.8) is 0 Å². The van der Waals surface area contributed by atoms with E-state index < -0.39 is 17.8 Å². The molecule has 20 heavy (non-hydrogen) atoms. The quantitative estimate of drug-likeness (QED) is 0.895. The molecular formula is C15H13ClFNO2. The molecule has 0 aromatic heterocycles. The third-order valence-corrected chi connectivity index (χ3v) is 3.20. The molecule has 0 aliphatic carbocycles. The van der Waals surface area contributed by atoms with Gasteiger partial charge in [0, 0.05) is 16.3 Å². The van der Waals surface area contributed by atoms with Gasteiger partial charge in [-0.2, -0.15) is 0 Å². The van der Waals surface area contributed by atoms with E-state index in [0.29, 0.717) is 5.69 Å². The summed E-state index contributed by atoms with van der Waals surface area (Å²) in [5.74, 6) is -1.81. The highest BCUT2D eigenvalue weighted by molar-refractivity contribution is 6.30. The summed E-state index contributed by atoms with van der Waals surface area (Å²) < 4.78 is 13.9. The second kappa shape index (κ2) is 5.92. The molecule has 2 aromatic rings. The van der Waals surface area contributed by atoms with Crippen LogP contribution < -0.4 is 5.32 Å². The van der Waals surface area contributed by atoms with E-state index >= 15 is 0 Å². The number of nitrogens with one attached hydrogen (secondary N) is 1. The molecule has 5 heteroatoms. The molecule has 0 aliphatic heterocycles. The molecule has 1 atom stereocenters. The van der Waals surface area contributed by atoms with E-state index in [1.165, 1.54) is 12.1 Å². The van der Waals surface area contributed by atoms with Crippen molar-refractivity contribution >= 4 is 23.3 Å². The van der Waals surface area contributed by atoms with Gasteiger partial charge in [0.2, 0.25) is 0 Å². The minimum Gasteiger partial charge on any atom is -0.479 e. The molecule has 2 rings (SSSR count). The van der Waals surface area contributed by atoms with Gasteiger partial charge in [0.15, 0.2) is 6.04 Å². The number of hydrogen-bond donors (Lipinski definition) is 2. The van der Waals surface area contributed by atoms with Gasteiger partial charge in [0.25, 0.3) is 0 Å². The van der Waals surface area contributed by atoms with E-state index in [1.807, 2.05) is 19.1 Å². The lowest BCUT2D eigenvalue weighted by atomic mass is 10.1. The summed E-state index contributed by atoms with van der Waals surface area (Å²) in [4.78, 5) is 11.4. The van der Waals surface area contributed by atoms with Gasteiger partial charge in [0.05, 0.1) is 0 Å². The van der Waals surface area contributed by atoms with Gasteiger partial charge in [-0.15, -0.1) is 0 Å². The molecule has 0 amide bonds. The zero-order chi connectivity index (χ0) is 14.7. The minimum atomic E-state index is -1.17. The Morgan fingerprint density at radius 3 is 2.60 bits per heavy atom. The first-order chi connectivity index (χ1) is 9.49. The lowest BCUT2D eigenvalue weighted by Crippen LogP contribution is -2.22. The Kier molecular flexibility index (Phi) is 4.25. The maximum atomic E-state index is 13.9. The number of carboxylic acid groups (broad SMARTS) is 1. The van der Waals surface area contributed by atoms with Crippen molar-refractivity contribution < 1.29 is 14.3 Å². The molecule has 0 saturated carbocycles. The lowest BCUT2D eigenvalue weighted by Gasteiger charge is -2.18. The minimum absolute atomic E-state index is 0.0464. The van der Waals surface area contributed by atoms with Crippen molar-refractivity contribution in [2.45, 2.75) is 13.0 Å². The average molecular weight is 294 g/mol. The summed E-state index contributed by atoms with van der Waals surface area (Å²) in [5, 5.41) is 12.4. The highest BCUT2D eigenvalue weighted by Gasteiger charge is 2.23. The molecule has 0 bridgehead atoms. The highest BCUT2D eigenvalue weighted by atomic mass is 35.5. The predicted octanol–water partition coefficient (Wildman–Crippen LogP) is 4.03. The van der Waals surface area contributed by atoms with Gasteiger partial charge in [0.1, 0.15) is 5.82 Å². The Bertz CT molecular complexity index is 646. The fourth-order valence-corrected chi connectivity index (χ4v) is 2.06. The van der Waals surface area contributed by atoms with E-state index in [-0.39, 0.29) is 10.6 Å². The fourth-order valence-electron chi connectivity index (χ4n) is 1.90. The maximum Gasteiger partial charge on any atom is 0.330 e. The van der Waals surface area contributed by atoms with Gasteiger partial charge in [-0.1, -0.05) is 35.9 Å². The summed E-state index contributed by atoms with van der Waals surface area (Å²) in [7, 11) is 0. The molecule has 2 aromatic carbocycles. The van der Waals surface area contributed by atoms with Crippen LogP contribution in [0, 0.1) is 12.7 Å². The number of anilines is 1. The van der Waals surface area contributed by atoms with Crippen LogP contribution in [0.15, 0.2) is 42.5 Å². The number of halogens is 2. The van der Waals surface area contributed by atoms with Crippen LogP contribution in [0.4, 0.5) is 10.1 Å². The molecular weight excluding hydrogens is 281 g/mol. The van der Waals surface area contributed by atoms with Crippen LogP contribution in [0.2, 0.25) is 5.02 Å². The Labute approximate surface area is 121 Å². The van der Waals surface area contributed by atoms with Crippen molar-refractivity contribution in [2.75, 3.05) is 5.32 Å². The lowest BCUT2D eigenvalue weighted by molar-refractivity contribution is -0.138. The number of para-hydroxylation sites is 1. The smallest absolute Gasteiger partial charge is 0.330 e. The van der Waals surface area contributed by atoms with E-state index in [4.69, 9.17) is 11.6 Å². The molecule has 0 saturated heterocycles. The third kappa shape index (κ3) is 3.08. The molecule has 2 N–H and O–H groups in total. The number of carbonyl (C=O) groups is 1. The van der Waals surface area contributed by atoms with Crippen molar-refractivity contribution in [1.29, 1.82) is 0 Å². The first-order valence-corrected chi connectivity index (χ1v) is 6.37. The third-order valence-electron chi connectivity index (χ3n) is 2.97. The van der Waals surface area contributed by atoms with Crippen LogP contribution in [0.1, 0.15) is 17.2 Å². The maximum absolute atomic E-state index is 13.9. The van der Waals surface area contributed by atoms with Crippen LogP contribution in [0.5, 0.6) is 0 Å². The molecule has 104 valence electrons. The Morgan fingerprint density at radius 1 is 1.30 bits per heavy atom. The standard InChI is InChI=1S/C15H13ClFNO2/c1-9-4-2-3-5-13(9)18-14(15(19)20)11-7-6-10(16)8-12(11)17/h2-8,14,18H,1H3,(H,19,20). The van der Waals surface area contributed by atoms with Gasteiger partial charge >= 0.3 is 5.97 Å². The van der Waals surface area contributed by atoms with Crippen LogP contribution in [0.3, 0.4) is 0 Å². The van der Waals surface area contributed by atoms with Crippen molar-refractivity contribution in [1.82, 2.24) is 0 Å². The fraction of sp³-hybridized carbons (Fsp3) is 0.133. The van der Waals surface area contributed by atoms with E-state index in [2.05, 4.69) is 5.32 Å². The van der Waals surface area contributed by atoms with Gasteiger partial charge < -0.3 is 10.4 Å². The van der Waals surface area contributed by atoms with Crippen LogP contribution >= 0.6 is 11.6 Å². The highest BCUT2D eigenvalue weighted by Crippen LogP contribution is 2.26. The zero-order valence-electron chi connectivity index (χ0n) is 10.7. The largest absolute Gasteiger partial charge is 0.479 e. The average Bonchev–Trinajstić information content (AvgIpc) is 2.38. The first kappa shape index (κ1) is 14.3. The van der Waals surface area contributed by atoms with Crippen LogP contribution in [-0.2, 0) is 4.79 Å². The van der Waals surface area contributed by atoms with Crippen LogP contribution in [-0.4, -0.2) is 11.1 Å². The summed E-state index contributed by atoms with van der Waals surface area (Å²) in [6.45, 7) is 1.85. The number of aliphatic carboxylic acids is 1. The Hall–Kier alpha value is -2.07. The first-order valence-electron chi connectivity index (χ1n) is 5.99. The zero-order valence-corrected chi connectivity index (χ0v) is 11.5. The summed E-state index contributed by atoms with van der Waals surface area (Å²) >= 11 is 5.68. The number of hydrogen-bond acceptors (Lipinski definition) is 2. The normalized spacial score (nSPS) is 11.9. The Balaban J connectivity index is 2.37. The molecule has 1 unspecified atom stereocenters. The molecule has 0 heterocycles. The number of benzene rings is 2. The second-order valence-electron chi connectivity index (χ2n) is 4.40. The van der Waals surface area contributed by atoms with E-state index in [0.717, 1.165) is 11.6 Å². The molecule has 0 aliphatic rings. The second-order valence-corrected chi connectivity index (χ2v) is 4.83. The summed E-state index contributed by atoms with van der Waals surface area (Å²) in [6, 6.07) is 10.0. The number of rotatable bonds is 4. The Morgan fingerprint density at radius 2 is 2.00 bits per heavy atom. The molecule has 0 fully saturated rings. The van der Waals surface area contributed by atoms with Gasteiger partial charge in [-0.25, -0.2) is 9.18 Å². The number of aryl methyl sites for hydroxylation is 1. The van der Waals surface area contributed by atoms with Crippen molar-refractivity contribution in [3.05, 3.63) is 64.4 Å². The molecule has 0 spiro atoms. The van der Waals surface area contributed by atoms with Crippen molar-refractivity contribution in [3.8, 4) is 0 Å². The number of carboxylic acids is 1. The molecule has 0 radical (unpaired) electrons. The SMILES string of the molecule is Cc1ccccc1NC(C(=O)O)c1ccc(Cl)cc1F. The van der Waals surface area contributed by atoms with E-state index in [9.17, 15) is 14.3 Å². The molecule has 3 nitrogen and oxygen atoms in total. The monoisotopic (exact) mass is 293 g/mol. The predicted molar refractivity (Wildman–Crippen MR) is 76.6 cm³/mol. The summed E-state index contributed by atoms with van der Waals surface area (Å²) in [5.41, 5.74) is 1.58. The van der Waals surface area contributed by atoms with Crippen LogP contribution in [0.25, 0.3) is 0 Å².